The lowest BCUT2D eigenvalue weighted by Crippen LogP contribution is -2.29. The highest BCUT2D eigenvalue weighted by Crippen LogP contribution is 2.27. The van der Waals surface area contributed by atoms with E-state index in [0.717, 1.165) is 31.0 Å². The van der Waals surface area contributed by atoms with Crippen LogP contribution in [0.2, 0.25) is 0 Å². The zero-order valence-electron chi connectivity index (χ0n) is 14.1. The Kier molecular flexibility index (Phi) is 8.16. The third-order valence-corrected chi connectivity index (χ3v) is 3.51. The summed E-state index contributed by atoms with van der Waals surface area (Å²) in [6.45, 7) is 4.46. The molecule has 21 heavy (non-hydrogen) atoms. The maximum atomic E-state index is 5.34. The number of unbranched alkanes of at least 4 members (excludes halogenated alkanes) is 1. The summed E-state index contributed by atoms with van der Waals surface area (Å²) in [5, 5.41) is 3.58. The van der Waals surface area contributed by atoms with Crippen LogP contribution in [0.3, 0.4) is 0 Å². The van der Waals surface area contributed by atoms with Gasteiger partial charge in [0.05, 0.1) is 14.2 Å². The first-order chi connectivity index (χ1) is 10.1. The third-order valence-electron chi connectivity index (χ3n) is 3.51. The molecule has 0 aliphatic rings. The predicted octanol–water partition coefficient (Wildman–Crippen LogP) is 2.57. The molecule has 0 amide bonds. The van der Waals surface area contributed by atoms with E-state index in [2.05, 4.69) is 43.4 Å². The molecule has 1 rings (SSSR count). The van der Waals surface area contributed by atoms with Crippen LogP contribution in [0.25, 0.3) is 0 Å². The maximum absolute atomic E-state index is 5.34. The molecular weight excluding hydrogens is 264 g/mol. The van der Waals surface area contributed by atoms with Gasteiger partial charge in [-0.3, -0.25) is 0 Å². The lowest BCUT2D eigenvalue weighted by atomic mass is 10.1. The Bertz CT molecular complexity index is 408. The Balaban J connectivity index is 2.35. The van der Waals surface area contributed by atoms with Crippen molar-refractivity contribution in [2.75, 3.05) is 41.4 Å². The lowest BCUT2D eigenvalue weighted by Gasteiger charge is -2.16. The minimum Gasteiger partial charge on any atom is -0.493 e. The van der Waals surface area contributed by atoms with Crippen molar-refractivity contribution in [3.8, 4) is 11.5 Å². The molecule has 4 nitrogen and oxygen atoms in total. The predicted molar refractivity (Wildman–Crippen MR) is 88.5 cm³/mol. The molecule has 1 N–H and O–H groups in total. The van der Waals surface area contributed by atoms with Crippen molar-refractivity contribution in [1.82, 2.24) is 10.2 Å². The first-order valence-electron chi connectivity index (χ1n) is 7.65. The Hall–Kier alpha value is -1.26. The first-order valence-corrected chi connectivity index (χ1v) is 7.65. The average molecular weight is 294 g/mol. The summed E-state index contributed by atoms with van der Waals surface area (Å²) >= 11 is 0. The van der Waals surface area contributed by atoms with Crippen molar-refractivity contribution in [3.63, 3.8) is 0 Å². The standard InChI is InChI=1S/C17H30N2O2/c1-14(18-10-6-7-11-19(2)3)12-15-8-9-16(20-4)17(13-15)21-5/h8-9,13-14,18H,6-7,10-12H2,1-5H3. The molecule has 0 saturated carbocycles. The quantitative estimate of drug-likeness (QED) is 0.673. The van der Waals surface area contributed by atoms with Crippen LogP contribution in [-0.2, 0) is 6.42 Å². The molecule has 1 aromatic carbocycles. The summed E-state index contributed by atoms with van der Waals surface area (Å²) in [5.41, 5.74) is 1.26. The largest absolute Gasteiger partial charge is 0.493 e. The Morgan fingerprint density at radius 3 is 2.43 bits per heavy atom. The second kappa shape index (κ2) is 9.64. The second-order valence-electron chi connectivity index (χ2n) is 5.76. The van der Waals surface area contributed by atoms with E-state index in [1.807, 2.05) is 6.07 Å². The Morgan fingerprint density at radius 1 is 1.10 bits per heavy atom. The van der Waals surface area contributed by atoms with Gasteiger partial charge in [0.1, 0.15) is 0 Å². The summed E-state index contributed by atoms with van der Waals surface area (Å²) in [7, 11) is 7.57. The number of ether oxygens (including phenoxy) is 2. The number of rotatable bonds is 10. The summed E-state index contributed by atoms with van der Waals surface area (Å²) in [6, 6.07) is 6.59. The van der Waals surface area contributed by atoms with Gasteiger partial charge >= 0.3 is 0 Å². The third kappa shape index (κ3) is 6.82. The van der Waals surface area contributed by atoms with E-state index in [4.69, 9.17) is 9.47 Å². The van der Waals surface area contributed by atoms with Crippen LogP contribution in [0.4, 0.5) is 0 Å². The number of hydrogen-bond donors (Lipinski definition) is 1. The van der Waals surface area contributed by atoms with Crippen LogP contribution >= 0.6 is 0 Å². The normalized spacial score (nSPS) is 12.5. The smallest absolute Gasteiger partial charge is 0.160 e. The summed E-state index contributed by atoms with van der Waals surface area (Å²) in [6.07, 6.45) is 3.45. The van der Waals surface area contributed by atoms with Gasteiger partial charge in [0, 0.05) is 6.04 Å². The summed E-state index contributed by atoms with van der Waals surface area (Å²) in [5.74, 6) is 1.58. The summed E-state index contributed by atoms with van der Waals surface area (Å²) < 4.78 is 10.6. The van der Waals surface area contributed by atoms with Gasteiger partial charge in [-0.1, -0.05) is 6.07 Å². The molecule has 0 radical (unpaired) electrons. The van der Waals surface area contributed by atoms with Gasteiger partial charge in [0.2, 0.25) is 0 Å². The van der Waals surface area contributed by atoms with Crippen molar-refractivity contribution in [3.05, 3.63) is 23.8 Å². The van der Waals surface area contributed by atoms with Gasteiger partial charge in [0.25, 0.3) is 0 Å². The first kappa shape index (κ1) is 17.8. The number of methoxy groups -OCH3 is 2. The van der Waals surface area contributed by atoms with E-state index in [9.17, 15) is 0 Å². The fourth-order valence-electron chi connectivity index (χ4n) is 2.33. The molecule has 120 valence electrons. The Labute approximate surface area is 129 Å². The highest BCUT2D eigenvalue weighted by Gasteiger charge is 2.07. The molecule has 0 aromatic heterocycles. The van der Waals surface area contributed by atoms with Gasteiger partial charge in [-0.05, 0) is 71.1 Å². The van der Waals surface area contributed by atoms with E-state index in [1.54, 1.807) is 14.2 Å². The minimum absolute atomic E-state index is 0.461. The monoisotopic (exact) mass is 294 g/mol. The number of hydrogen-bond acceptors (Lipinski definition) is 4. The molecule has 0 aliphatic heterocycles. The fourth-order valence-corrected chi connectivity index (χ4v) is 2.33. The fraction of sp³-hybridized carbons (Fsp3) is 0.647. The van der Waals surface area contributed by atoms with Gasteiger partial charge in [0.15, 0.2) is 11.5 Å². The van der Waals surface area contributed by atoms with E-state index in [-0.39, 0.29) is 0 Å². The van der Waals surface area contributed by atoms with Gasteiger partial charge in [-0.25, -0.2) is 0 Å². The number of nitrogens with zero attached hydrogens (tertiary/aromatic N) is 1. The molecule has 1 aromatic rings. The minimum atomic E-state index is 0.461. The molecule has 0 aliphatic carbocycles. The molecule has 0 fully saturated rings. The van der Waals surface area contributed by atoms with Gasteiger partial charge in [-0.15, -0.1) is 0 Å². The number of benzene rings is 1. The molecule has 0 spiro atoms. The van der Waals surface area contributed by atoms with Gasteiger partial charge in [-0.2, -0.15) is 0 Å². The number of nitrogens with one attached hydrogen (secondary N) is 1. The SMILES string of the molecule is COc1ccc(CC(C)NCCCCN(C)C)cc1OC. The Morgan fingerprint density at radius 2 is 1.81 bits per heavy atom. The van der Waals surface area contributed by atoms with E-state index < -0.39 is 0 Å². The lowest BCUT2D eigenvalue weighted by molar-refractivity contribution is 0.354. The van der Waals surface area contributed by atoms with E-state index in [1.165, 1.54) is 18.4 Å². The van der Waals surface area contributed by atoms with Crippen LogP contribution in [0, 0.1) is 0 Å². The van der Waals surface area contributed by atoms with Crippen molar-refractivity contribution < 1.29 is 9.47 Å². The average Bonchev–Trinajstić information content (AvgIpc) is 2.46. The van der Waals surface area contributed by atoms with Crippen LogP contribution in [0.1, 0.15) is 25.3 Å². The van der Waals surface area contributed by atoms with Crippen molar-refractivity contribution in [2.45, 2.75) is 32.2 Å². The topological polar surface area (TPSA) is 33.7 Å². The second-order valence-corrected chi connectivity index (χ2v) is 5.76. The zero-order valence-corrected chi connectivity index (χ0v) is 14.1. The molecular formula is C17H30N2O2. The van der Waals surface area contributed by atoms with Crippen LogP contribution < -0.4 is 14.8 Å². The van der Waals surface area contributed by atoms with Crippen LogP contribution in [0.5, 0.6) is 11.5 Å². The van der Waals surface area contributed by atoms with Crippen molar-refractivity contribution in [1.29, 1.82) is 0 Å². The molecule has 1 unspecified atom stereocenters. The molecule has 1 atom stereocenters. The van der Waals surface area contributed by atoms with Crippen molar-refractivity contribution in [2.24, 2.45) is 0 Å². The molecule has 0 saturated heterocycles. The molecule has 0 heterocycles. The molecule has 0 bridgehead atoms. The zero-order chi connectivity index (χ0) is 15.7. The maximum Gasteiger partial charge on any atom is 0.160 e. The molecule has 4 heteroatoms. The summed E-state index contributed by atoms with van der Waals surface area (Å²) in [4.78, 5) is 2.23. The van der Waals surface area contributed by atoms with E-state index >= 15 is 0 Å². The van der Waals surface area contributed by atoms with Crippen molar-refractivity contribution >= 4 is 0 Å². The highest BCUT2D eigenvalue weighted by atomic mass is 16.5. The van der Waals surface area contributed by atoms with Crippen LogP contribution in [-0.4, -0.2) is 52.3 Å². The van der Waals surface area contributed by atoms with E-state index in [0.29, 0.717) is 6.04 Å². The van der Waals surface area contributed by atoms with Crippen LogP contribution in [0.15, 0.2) is 18.2 Å². The van der Waals surface area contributed by atoms with Gasteiger partial charge < -0.3 is 19.7 Å². The highest BCUT2D eigenvalue weighted by molar-refractivity contribution is 5.43.